The number of hydrogen-bond donors (Lipinski definition) is 1. The predicted molar refractivity (Wildman–Crippen MR) is 70.0 cm³/mol. The smallest absolute Gasteiger partial charge is 0.137 e. The quantitative estimate of drug-likeness (QED) is 0.901. The third kappa shape index (κ3) is 2.85. The average molecular weight is 256 g/mol. The molecule has 1 saturated heterocycles. The highest BCUT2D eigenvalue weighted by atomic mass is 35.5. The molecule has 94 valence electrons. The molecule has 1 aromatic carbocycles. The second-order valence-corrected chi connectivity index (χ2v) is 4.84. The number of piperidine rings is 1. The molecular weight excluding hydrogens is 238 g/mol. The van der Waals surface area contributed by atoms with Crippen molar-refractivity contribution in [3.05, 3.63) is 23.2 Å². The molecule has 4 heteroatoms. The highest BCUT2D eigenvalue weighted by Crippen LogP contribution is 2.31. The Labute approximate surface area is 107 Å². The van der Waals surface area contributed by atoms with Crippen LogP contribution in [0.3, 0.4) is 0 Å². The summed E-state index contributed by atoms with van der Waals surface area (Å²) < 4.78 is 5.14. The van der Waals surface area contributed by atoms with E-state index in [4.69, 9.17) is 21.4 Å². The van der Waals surface area contributed by atoms with Crippen molar-refractivity contribution in [1.29, 1.82) is 0 Å². The Morgan fingerprint density at radius 1 is 1.41 bits per heavy atom. The molecule has 1 aliphatic rings. The zero-order chi connectivity index (χ0) is 12.3. The molecule has 1 aromatic rings. The monoisotopic (exact) mass is 255 g/mol. The molecule has 0 aromatic heterocycles. The molecule has 0 amide bonds. The molecule has 0 atom stereocenters. The summed E-state index contributed by atoms with van der Waals surface area (Å²) in [5, 5.41) is 9.75. The van der Waals surface area contributed by atoms with Crippen molar-refractivity contribution in [2.45, 2.75) is 12.8 Å². The van der Waals surface area contributed by atoms with E-state index in [0.29, 0.717) is 23.3 Å². The van der Waals surface area contributed by atoms with Gasteiger partial charge in [0.25, 0.3) is 0 Å². The fourth-order valence-corrected chi connectivity index (χ4v) is 2.48. The number of ether oxygens (including phenoxy) is 1. The molecule has 2 rings (SSSR count). The lowest BCUT2D eigenvalue weighted by atomic mass is 9.97. The summed E-state index contributed by atoms with van der Waals surface area (Å²) in [7, 11) is 1.62. The minimum atomic E-state index is 0.303. The first-order valence-electron chi connectivity index (χ1n) is 5.94. The maximum absolute atomic E-state index is 9.10. The zero-order valence-electron chi connectivity index (χ0n) is 10.0. The van der Waals surface area contributed by atoms with Gasteiger partial charge in [0.1, 0.15) is 5.75 Å². The summed E-state index contributed by atoms with van der Waals surface area (Å²) in [6.07, 6.45) is 2.08. The zero-order valence-corrected chi connectivity index (χ0v) is 10.8. The van der Waals surface area contributed by atoms with Crippen LogP contribution in [0.15, 0.2) is 18.2 Å². The lowest BCUT2D eigenvalue weighted by Crippen LogP contribution is -2.34. The van der Waals surface area contributed by atoms with Gasteiger partial charge in [-0.2, -0.15) is 0 Å². The number of benzene rings is 1. The Morgan fingerprint density at radius 3 is 2.65 bits per heavy atom. The lowest BCUT2D eigenvalue weighted by molar-refractivity contribution is 0.203. The maximum Gasteiger partial charge on any atom is 0.137 e. The van der Waals surface area contributed by atoms with E-state index < -0.39 is 0 Å². The number of halogens is 1. The predicted octanol–water partition coefficient (Wildman–Crippen LogP) is 2.56. The highest BCUT2D eigenvalue weighted by molar-refractivity contribution is 6.32. The first-order valence-corrected chi connectivity index (χ1v) is 6.31. The van der Waals surface area contributed by atoms with Crippen LogP contribution in [0.25, 0.3) is 0 Å². The van der Waals surface area contributed by atoms with Crippen LogP contribution in [0.1, 0.15) is 12.8 Å². The highest BCUT2D eigenvalue weighted by Gasteiger charge is 2.19. The third-order valence-electron chi connectivity index (χ3n) is 3.37. The van der Waals surface area contributed by atoms with Gasteiger partial charge in [0.2, 0.25) is 0 Å². The van der Waals surface area contributed by atoms with Crippen molar-refractivity contribution in [3.8, 4) is 5.75 Å². The number of methoxy groups -OCH3 is 1. The van der Waals surface area contributed by atoms with Gasteiger partial charge >= 0.3 is 0 Å². The van der Waals surface area contributed by atoms with Crippen LogP contribution in [0.5, 0.6) is 5.75 Å². The molecule has 0 radical (unpaired) electrons. The van der Waals surface area contributed by atoms with Crippen LogP contribution < -0.4 is 9.64 Å². The molecule has 0 unspecified atom stereocenters. The third-order valence-corrected chi connectivity index (χ3v) is 3.67. The molecule has 1 N–H and O–H groups in total. The van der Waals surface area contributed by atoms with Crippen LogP contribution in [-0.4, -0.2) is 31.9 Å². The molecule has 0 aliphatic carbocycles. The number of aliphatic hydroxyl groups excluding tert-OH is 1. The van der Waals surface area contributed by atoms with Gasteiger partial charge in [-0.15, -0.1) is 0 Å². The molecule has 0 spiro atoms. The van der Waals surface area contributed by atoms with Crippen molar-refractivity contribution in [3.63, 3.8) is 0 Å². The van der Waals surface area contributed by atoms with Gasteiger partial charge in [0.15, 0.2) is 0 Å². The van der Waals surface area contributed by atoms with Crippen LogP contribution in [0.4, 0.5) is 5.69 Å². The van der Waals surface area contributed by atoms with E-state index in [-0.39, 0.29) is 0 Å². The topological polar surface area (TPSA) is 32.7 Å². The molecule has 3 nitrogen and oxygen atoms in total. The number of rotatable bonds is 3. The molecule has 0 bridgehead atoms. The van der Waals surface area contributed by atoms with E-state index >= 15 is 0 Å². The van der Waals surface area contributed by atoms with Crippen LogP contribution in [0.2, 0.25) is 5.02 Å². The Hall–Kier alpha value is -0.930. The van der Waals surface area contributed by atoms with E-state index in [2.05, 4.69) is 4.90 Å². The van der Waals surface area contributed by atoms with Gasteiger partial charge in [-0.25, -0.2) is 0 Å². The molecule has 1 fully saturated rings. The van der Waals surface area contributed by atoms with Crippen molar-refractivity contribution >= 4 is 17.3 Å². The summed E-state index contributed by atoms with van der Waals surface area (Å²) in [6.45, 7) is 2.26. The van der Waals surface area contributed by atoms with Gasteiger partial charge in [0.05, 0.1) is 12.1 Å². The average Bonchev–Trinajstić information content (AvgIpc) is 2.39. The van der Waals surface area contributed by atoms with Crippen molar-refractivity contribution in [2.75, 3.05) is 31.7 Å². The summed E-state index contributed by atoms with van der Waals surface area (Å²) in [5.41, 5.74) is 1.13. The SMILES string of the molecule is COc1ccc(N2CCC(CO)CC2)cc1Cl. The van der Waals surface area contributed by atoms with E-state index in [9.17, 15) is 0 Å². The van der Waals surface area contributed by atoms with Gasteiger partial charge in [-0.3, -0.25) is 0 Å². The number of anilines is 1. The van der Waals surface area contributed by atoms with E-state index in [1.54, 1.807) is 7.11 Å². The van der Waals surface area contributed by atoms with E-state index in [0.717, 1.165) is 31.6 Å². The second kappa shape index (κ2) is 5.61. The Kier molecular flexibility index (Phi) is 4.13. The van der Waals surface area contributed by atoms with Gasteiger partial charge in [0, 0.05) is 25.4 Å². The Balaban J connectivity index is 2.06. The first-order chi connectivity index (χ1) is 8.24. The summed E-state index contributed by atoms with van der Waals surface area (Å²) in [4.78, 5) is 2.30. The van der Waals surface area contributed by atoms with Crippen LogP contribution in [-0.2, 0) is 0 Å². The van der Waals surface area contributed by atoms with Gasteiger partial charge < -0.3 is 14.7 Å². The molecule has 0 saturated carbocycles. The van der Waals surface area contributed by atoms with Crippen molar-refractivity contribution in [2.24, 2.45) is 5.92 Å². The van der Waals surface area contributed by atoms with Gasteiger partial charge in [-0.1, -0.05) is 11.6 Å². The van der Waals surface area contributed by atoms with Gasteiger partial charge in [-0.05, 0) is 37.0 Å². The molecular formula is C13H18ClNO2. The van der Waals surface area contributed by atoms with E-state index in [1.807, 2.05) is 18.2 Å². The van der Waals surface area contributed by atoms with Crippen LogP contribution >= 0.6 is 11.6 Å². The first kappa shape index (κ1) is 12.5. The molecule has 17 heavy (non-hydrogen) atoms. The number of hydrogen-bond acceptors (Lipinski definition) is 3. The maximum atomic E-state index is 9.10. The van der Waals surface area contributed by atoms with Crippen molar-refractivity contribution < 1.29 is 9.84 Å². The standard InChI is InChI=1S/C13H18ClNO2/c1-17-13-3-2-11(8-12(13)14)15-6-4-10(9-16)5-7-15/h2-3,8,10,16H,4-7,9H2,1H3. The molecule has 1 aliphatic heterocycles. The second-order valence-electron chi connectivity index (χ2n) is 4.43. The fourth-order valence-electron chi connectivity index (χ4n) is 2.23. The number of aliphatic hydroxyl groups is 1. The minimum absolute atomic E-state index is 0.303. The Morgan fingerprint density at radius 2 is 2.12 bits per heavy atom. The molecule has 1 heterocycles. The number of nitrogens with zero attached hydrogens (tertiary/aromatic N) is 1. The summed E-state index contributed by atoms with van der Waals surface area (Å²) in [6, 6.07) is 5.87. The fraction of sp³-hybridized carbons (Fsp3) is 0.538. The van der Waals surface area contributed by atoms with Crippen LogP contribution in [0, 0.1) is 5.92 Å². The summed E-state index contributed by atoms with van der Waals surface area (Å²) in [5.74, 6) is 1.17. The Bertz CT molecular complexity index is 376. The lowest BCUT2D eigenvalue weighted by Gasteiger charge is -2.33. The van der Waals surface area contributed by atoms with Crippen molar-refractivity contribution in [1.82, 2.24) is 0 Å². The summed E-state index contributed by atoms with van der Waals surface area (Å²) >= 11 is 6.11. The largest absolute Gasteiger partial charge is 0.495 e. The normalized spacial score (nSPS) is 17.2. The van der Waals surface area contributed by atoms with E-state index in [1.165, 1.54) is 0 Å². The minimum Gasteiger partial charge on any atom is -0.495 e.